The first-order valence-corrected chi connectivity index (χ1v) is 10.9. The third-order valence-electron chi connectivity index (χ3n) is 5.91. The SMILES string of the molecule is CCc1cc(C2=CCc3ncc(-c4cnn(CCN5CCOCC5)c4)cc32)nc(N)n1. The van der Waals surface area contributed by atoms with Crippen molar-refractivity contribution in [2.75, 3.05) is 38.6 Å². The molecule has 3 aromatic heterocycles. The Balaban J connectivity index is 1.36. The Morgan fingerprint density at radius 2 is 1.94 bits per heavy atom. The standard InChI is InChI=1S/C23H27N7O/c1-2-18-12-22(28-23(24)27-18)19-3-4-21-20(19)11-16(13-25-21)17-14-26-30(15-17)6-5-29-7-9-31-10-8-29/h3,11-15H,2,4-10H2,1H3,(H2,24,27,28). The summed E-state index contributed by atoms with van der Waals surface area (Å²) in [5.74, 6) is 0.314. The van der Waals surface area contributed by atoms with Crippen molar-refractivity contribution >= 4 is 11.5 Å². The molecule has 0 saturated carbocycles. The summed E-state index contributed by atoms with van der Waals surface area (Å²) >= 11 is 0. The first-order chi connectivity index (χ1) is 15.2. The van der Waals surface area contributed by atoms with Crippen molar-refractivity contribution in [2.45, 2.75) is 26.3 Å². The molecule has 0 amide bonds. The van der Waals surface area contributed by atoms with Gasteiger partial charge in [0.25, 0.3) is 0 Å². The molecule has 5 rings (SSSR count). The van der Waals surface area contributed by atoms with Crippen molar-refractivity contribution in [3.63, 3.8) is 0 Å². The number of aryl methyl sites for hydroxylation is 1. The van der Waals surface area contributed by atoms with Gasteiger partial charge < -0.3 is 10.5 Å². The number of fused-ring (bicyclic) bond motifs is 1. The van der Waals surface area contributed by atoms with Crippen molar-refractivity contribution < 1.29 is 4.74 Å². The molecule has 0 spiro atoms. The van der Waals surface area contributed by atoms with E-state index in [1.807, 2.05) is 23.1 Å². The number of nitrogen functional groups attached to an aromatic ring is 1. The summed E-state index contributed by atoms with van der Waals surface area (Å²) in [7, 11) is 0. The summed E-state index contributed by atoms with van der Waals surface area (Å²) in [5.41, 5.74) is 13.1. The van der Waals surface area contributed by atoms with Crippen LogP contribution in [0.4, 0.5) is 5.95 Å². The van der Waals surface area contributed by atoms with E-state index in [9.17, 15) is 0 Å². The van der Waals surface area contributed by atoms with Gasteiger partial charge in [0, 0.05) is 66.4 Å². The second kappa shape index (κ2) is 8.56. The molecule has 1 saturated heterocycles. The smallest absolute Gasteiger partial charge is 0.220 e. The lowest BCUT2D eigenvalue weighted by molar-refractivity contribution is 0.0360. The predicted octanol–water partition coefficient (Wildman–Crippen LogP) is 2.20. The van der Waals surface area contributed by atoms with Crippen LogP contribution in [-0.2, 0) is 24.1 Å². The van der Waals surface area contributed by atoms with Crippen LogP contribution in [0.15, 0.2) is 36.8 Å². The lowest BCUT2D eigenvalue weighted by atomic mass is 10.0. The summed E-state index contributed by atoms with van der Waals surface area (Å²) in [5, 5.41) is 4.56. The van der Waals surface area contributed by atoms with Crippen LogP contribution in [0.2, 0.25) is 0 Å². The van der Waals surface area contributed by atoms with Crippen molar-refractivity contribution in [2.24, 2.45) is 0 Å². The monoisotopic (exact) mass is 417 g/mol. The molecule has 0 unspecified atom stereocenters. The number of hydrogen-bond donors (Lipinski definition) is 1. The molecule has 8 nitrogen and oxygen atoms in total. The Hall–Kier alpha value is -3.10. The molecule has 0 aromatic carbocycles. The van der Waals surface area contributed by atoms with Crippen LogP contribution in [0.3, 0.4) is 0 Å². The highest BCUT2D eigenvalue weighted by Crippen LogP contribution is 2.34. The van der Waals surface area contributed by atoms with E-state index in [4.69, 9.17) is 15.5 Å². The zero-order valence-corrected chi connectivity index (χ0v) is 17.8. The maximum atomic E-state index is 5.94. The Kier molecular flexibility index (Phi) is 5.48. The molecule has 3 aromatic rings. The molecular formula is C23H27N7O. The third kappa shape index (κ3) is 4.22. The molecule has 1 fully saturated rings. The van der Waals surface area contributed by atoms with Gasteiger partial charge in [-0.2, -0.15) is 5.10 Å². The van der Waals surface area contributed by atoms with Crippen LogP contribution < -0.4 is 5.73 Å². The van der Waals surface area contributed by atoms with Gasteiger partial charge in [0.05, 0.1) is 37.3 Å². The zero-order valence-electron chi connectivity index (χ0n) is 17.8. The van der Waals surface area contributed by atoms with Gasteiger partial charge >= 0.3 is 0 Å². The zero-order chi connectivity index (χ0) is 21.2. The van der Waals surface area contributed by atoms with Crippen molar-refractivity contribution in [1.82, 2.24) is 29.6 Å². The number of pyridine rings is 1. The largest absolute Gasteiger partial charge is 0.379 e. The van der Waals surface area contributed by atoms with E-state index in [0.29, 0.717) is 5.95 Å². The fourth-order valence-electron chi connectivity index (χ4n) is 4.14. The lowest BCUT2D eigenvalue weighted by Gasteiger charge is -2.26. The topological polar surface area (TPSA) is 95.0 Å². The van der Waals surface area contributed by atoms with Crippen molar-refractivity contribution in [3.05, 3.63) is 59.4 Å². The van der Waals surface area contributed by atoms with E-state index in [1.165, 1.54) is 0 Å². The van der Waals surface area contributed by atoms with Crippen LogP contribution in [0, 0.1) is 0 Å². The van der Waals surface area contributed by atoms with E-state index in [0.717, 1.165) is 91.6 Å². The van der Waals surface area contributed by atoms with Crippen molar-refractivity contribution in [1.29, 1.82) is 0 Å². The van der Waals surface area contributed by atoms with Gasteiger partial charge in [-0.3, -0.25) is 14.6 Å². The summed E-state index contributed by atoms with van der Waals surface area (Å²) < 4.78 is 7.43. The summed E-state index contributed by atoms with van der Waals surface area (Å²) in [6.45, 7) is 7.53. The summed E-state index contributed by atoms with van der Waals surface area (Å²) in [6.07, 6.45) is 9.75. The van der Waals surface area contributed by atoms with E-state index in [1.54, 1.807) is 0 Å². The number of aromatic nitrogens is 5. The van der Waals surface area contributed by atoms with Gasteiger partial charge in [0.1, 0.15) is 0 Å². The molecular weight excluding hydrogens is 390 g/mol. The van der Waals surface area contributed by atoms with Crippen molar-refractivity contribution in [3.8, 4) is 11.1 Å². The van der Waals surface area contributed by atoms with Crippen LogP contribution in [0.1, 0.15) is 29.6 Å². The van der Waals surface area contributed by atoms with Gasteiger partial charge in [0.2, 0.25) is 5.95 Å². The second-order valence-electron chi connectivity index (χ2n) is 7.94. The normalized spacial score (nSPS) is 16.4. The number of nitrogens with zero attached hydrogens (tertiary/aromatic N) is 6. The molecule has 0 radical (unpaired) electrons. The summed E-state index contributed by atoms with van der Waals surface area (Å²) in [6, 6.07) is 4.21. The molecule has 160 valence electrons. The molecule has 2 aliphatic rings. The van der Waals surface area contributed by atoms with Crippen LogP contribution in [0.25, 0.3) is 16.7 Å². The van der Waals surface area contributed by atoms with Gasteiger partial charge in [-0.15, -0.1) is 0 Å². The molecule has 1 aliphatic heterocycles. The minimum Gasteiger partial charge on any atom is -0.379 e. The number of rotatable bonds is 6. The third-order valence-corrected chi connectivity index (χ3v) is 5.91. The van der Waals surface area contributed by atoms with Crippen LogP contribution >= 0.6 is 0 Å². The van der Waals surface area contributed by atoms with Gasteiger partial charge in [-0.05, 0) is 18.6 Å². The molecule has 2 N–H and O–H groups in total. The van der Waals surface area contributed by atoms with Gasteiger partial charge in [0.15, 0.2) is 0 Å². The average Bonchev–Trinajstić information content (AvgIpc) is 3.44. The van der Waals surface area contributed by atoms with E-state index >= 15 is 0 Å². The fraction of sp³-hybridized carbons (Fsp3) is 0.391. The number of nitrogens with two attached hydrogens (primary N) is 1. The predicted molar refractivity (Wildman–Crippen MR) is 119 cm³/mol. The first kappa shape index (κ1) is 19.8. The number of ether oxygens (including phenoxy) is 1. The lowest BCUT2D eigenvalue weighted by Crippen LogP contribution is -2.38. The van der Waals surface area contributed by atoms with E-state index in [-0.39, 0.29) is 0 Å². The van der Waals surface area contributed by atoms with Crippen LogP contribution in [-0.4, -0.2) is 62.5 Å². The van der Waals surface area contributed by atoms with Gasteiger partial charge in [-0.25, -0.2) is 9.97 Å². The molecule has 1 aliphatic carbocycles. The Labute approximate surface area is 181 Å². The summed E-state index contributed by atoms with van der Waals surface area (Å²) in [4.78, 5) is 15.9. The fourth-order valence-corrected chi connectivity index (χ4v) is 4.14. The molecule has 4 heterocycles. The average molecular weight is 418 g/mol. The quantitative estimate of drug-likeness (QED) is 0.657. The molecule has 0 bridgehead atoms. The second-order valence-corrected chi connectivity index (χ2v) is 7.94. The number of morpholine rings is 1. The number of allylic oxidation sites excluding steroid dienone is 1. The maximum absolute atomic E-state index is 5.94. The number of anilines is 1. The minimum atomic E-state index is 0.314. The molecule has 8 heteroatoms. The van der Waals surface area contributed by atoms with E-state index < -0.39 is 0 Å². The number of hydrogen-bond acceptors (Lipinski definition) is 7. The first-order valence-electron chi connectivity index (χ1n) is 10.9. The Morgan fingerprint density at radius 1 is 1.06 bits per heavy atom. The highest BCUT2D eigenvalue weighted by Gasteiger charge is 2.20. The highest BCUT2D eigenvalue weighted by molar-refractivity contribution is 5.84. The van der Waals surface area contributed by atoms with Gasteiger partial charge in [-0.1, -0.05) is 13.0 Å². The minimum absolute atomic E-state index is 0.314. The van der Waals surface area contributed by atoms with E-state index in [2.05, 4.69) is 45.2 Å². The Morgan fingerprint density at radius 3 is 2.77 bits per heavy atom. The highest BCUT2D eigenvalue weighted by atomic mass is 16.5. The molecule has 31 heavy (non-hydrogen) atoms. The Bertz CT molecular complexity index is 1110. The van der Waals surface area contributed by atoms with Crippen LogP contribution in [0.5, 0.6) is 0 Å². The molecule has 0 atom stereocenters. The maximum Gasteiger partial charge on any atom is 0.220 e.